The van der Waals surface area contributed by atoms with E-state index in [4.69, 9.17) is 5.73 Å². The summed E-state index contributed by atoms with van der Waals surface area (Å²) in [6, 6.07) is 0.497. The molecule has 0 aromatic heterocycles. The first-order valence-corrected chi connectivity index (χ1v) is 7.07. The molecule has 1 aliphatic carbocycles. The van der Waals surface area contributed by atoms with Crippen LogP contribution in [0.1, 0.15) is 59.3 Å². The number of rotatable bonds is 5. The molecule has 2 fully saturated rings. The Kier molecular flexibility index (Phi) is 3.33. The van der Waals surface area contributed by atoms with Crippen molar-refractivity contribution in [2.24, 2.45) is 11.1 Å². The van der Waals surface area contributed by atoms with Gasteiger partial charge in [0.25, 0.3) is 0 Å². The van der Waals surface area contributed by atoms with Crippen LogP contribution in [0.3, 0.4) is 0 Å². The Labute approximate surface area is 101 Å². The molecule has 0 aromatic carbocycles. The molecule has 1 spiro atoms. The van der Waals surface area contributed by atoms with Gasteiger partial charge in [0.1, 0.15) is 0 Å². The number of nitrogens with two attached hydrogens (primary N) is 1. The number of nitrogens with zero attached hydrogens (tertiary/aromatic N) is 1. The summed E-state index contributed by atoms with van der Waals surface area (Å²) in [5, 5.41) is 0. The minimum atomic E-state index is 0.448. The highest BCUT2D eigenvalue weighted by Gasteiger charge is 2.56. The van der Waals surface area contributed by atoms with Gasteiger partial charge < -0.3 is 5.73 Å². The van der Waals surface area contributed by atoms with Gasteiger partial charge in [0.2, 0.25) is 0 Å². The minimum Gasteiger partial charge on any atom is -0.327 e. The average Bonchev–Trinajstić information content (AvgIpc) is 2.14. The van der Waals surface area contributed by atoms with Gasteiger partial charge in [0.15, 0.2) is 0 Å². The van der Waals surface area contributed by atoms with Gasteiger partial charge in [-0.25, -0.2) is 0 Å². The van der Waals surface area contributed by atoms with Crippen LogP contribution in [0, 0.1) is 5.41 Å². The molecular formula is C14H28N2. The number of likely N-dealkylation sites (tertiary alicyclic amines) is 1. The van der Waals surface area contributed by atoms with Crippen molar-refractivity contribution in [2.75, 3.05) is 13.1 Å². The maximum absolute atomic E-state index is 6.15. The highest BCUT2D eigenvalue weighted by Crippen LogP contribution is 2.50. The molecule has 1 atom stereocenters. The van der Waals surface area contributed by atoms with E-state index in [1.54, 1.807) is 0 Å². The lowest BCUT2D eigenvalue weighted by Crippen LogP contribution is -2.73. The van der Waals surface area contributed by atoms with Crippen molar-refractivity contribution in [3.8, 4) is 0 Å². The molecule has 0 aromatic rings. The molecule has 1 unspecified atom stereocenters. The second-order valence-electron chi connectivity index (χ2n) is 6.36. The average molecular weight is 224 g/mol. The first kappa shape index (κ1) is 12.4. The quantitative estimate of drug-likeness (QED) is 0.778. The topological polar surface area (TPSA) is 29.3 Å². The fourth-order valence-electron chi connectivity index (χ4n) is 3.73. The third-order valence-corrected chi connectivity index (χ3v) is 5.09. The van der Waals surface area contributed by atoms with Crippen LogP contribution >= 0.6 is 0 Å². The molecule has 2 nitrogen and oxygen atoms in total. The Balaban J connectivity index is 1.92. The van der Waals surface area contributed by atoms with E-state index in [-0.39, 0.29) is 0 Å². The van der Waals surface area contributed by atoms with Crippen LogP contribution in [-0.4, -0.2) is 29.6 Å². The van der Waals surface area contributed by atoms with Gasteiger partial charge in [0.05, 0.1) is 0 Å². The summed E-state index contributed by atoms with van der Waals surface area (Å²) in [6.07, 6.45) is 7.90. The summed E-state index contributed by atoms with van der Waals surface area (Å²) in [5.74, 6) is 0. The van der Waals surface area contributed by atoms with E-state index in [0.717, 1.165) is 0 Å². The first-order chi connectivity index (χ1) is 7.56. The van der Waals surface area contributed by atoms with Gasteiger partial charge in [0, 0.05) is 30.1 Å². The van der Waals surface area contributed by atoms with Crippen molar-refractivity contribution < 1.29 is 0 Å². The third-order valence-electron chi connectivity index (χ3n) is 5.09. The number of hydrogen-bond acceptors (Lipinski definition) is 2. The zero-order chi connectivity index (χ0) is 11.8. The van der Waals surface area contributed by atoms with Crippen LogP contribution in [0.2, 0.25) is 0 Å². The molecule has 1 heterocycles. The molecule has 0 radical (unpaired) electrons. The van der Waals surface area contributed by atoms with Crippen molar-refractivity contribution in [3.05, 3.63) is 0 Å². The molecule has 1 saturated heterocycles. The Morgan fingerprint density at radius 3 is 2.12 bits per heavy atom. The Morgan fingerprint density at radius 1 is 1.25 bits per heavy atom. The molecule has 2 heteroatoms. The largest absolute Gasteiger partial charge is 0.327 e. The zero-order valence-corrected chi connectivity index (χ0v) is 11.3. The summed E-state index contributed by atoms with van der Waals surface area (Å²) in [6.45, 7) is 9.60. The smallest absolute Gasteiger partial charge is 0.0181 e. The van der Waals surface area contributed by atoms with E-state index < -0.39 is 0 Å². The van der Waals surface area contributed by atoms with E-state index in [9.17, 15) is 0 Å². The number of hydrogen-bond donors (Lipinski definition) is 1. The normalized spacial score (nSPS) is 28.9. The summed E-state index contributed by atoms with van der Waals surface area (Å²) in [5.41, 5.74) is 7.12. The predicted octanol–water partition coefficient (Wildman–Crippen LogP) is 2.77. The molecular weight excluding hydrogens is 196 g/mol. The Morgan fingerprint density at radius 2 is 1.81 bits per heavy atom. The summed E-state index contributed by atoms with van der Waals surface area (Å²) >= 11 is 0. The van der Waals surface area contributed by atoms with Gasteiger partial charge in [-0.05, 0) is 32.6 Å². The van der Waals surface area contributed by atoms with E-state index >= 15 is 0 Å². The maximum atomic E-state index is 6.15. The lowest BCUT2D eigenvalue weighted by molar-refractivity contribution is -0.131. The van der Waals surface area contributed by atoms with Gasteiger partial charge in [-0.1, -0.05) is 26.7 Å². The highest BCUT2D eigenvalue weighted by molar-refractivity contribution is 5.11. The molecule has 16 heavy (non-hydrogen) atoms. The third kappa shape index (κ3) is 1.80. The monoisotopic (exact) mass is 224 g/mol. The SMILES string of the molecule is CCCC(C)(CCC)N1CC2(CCC2N)C1. The van der Waals surface area contributed by atoms with E-state index in [1.165, 1.54) is 51.6 Å². The summed E-state index contributed by atoms with van der Waals surface area (Å²) in [4.78, 5) is 2.71. The van der Waals surface area contributed by atoms with E-state index in [2.05, 4.69) is 25.7 Å². The van der Waals surface area contributed by atoms with Gasteiger partial charge in [-0.15, -0.1) is 0 Å². The lowest BCUT2D eigenvalue weighted by Gasteiger charge is -2.64. The van der Waals surface area contributed by atoms with Crippen molar-refractivity contribution in [1.82, 2.24) is 4.90 Å². The van der Waals surface area contributed by atoms with Crippen LogP contribution in [0.4, 0.5) is 0 Å². The summed E-state index contributed by atoms with van der Waals surface area (Å²) < 4.78 is 0. The van der Waals surface area contributed by atoms with Crippen molar-refractivity contribution in [1.29, 1.82) is 0 Å². The molecule has 2 rings (SSSR count). The van der Waals surface area contributed by atoms with Crippen molar-refractivity contribution >= 4 is 0 Å². The molecule has 2 aliphatic rings. The van der Waals surface area contributed by atoms with E-state index in [1.807, 2.05) is 0 Å². The van der Waals surface area contributed by atoms with E-state index in [0.29, 0.717) is 17.0 Å². The van der Waals surface area contributed by atoms with Gasteiger partial charge in [-0.2, -0.15) is 0 Å². The van der Waals surface area contributed by atoms with Gasteiger partial charge in [-0.3, -0.25) is 4.90 Å². The fraction of sp³-hybridized carbons (Fsp3) is 1.00. The van der Waals surface area contributed by atoms with Crippen LogP contribution in [0.15, 0.2) is 0 Å². The zero-order valence-electron chi connectivity index (χ0n) is 11.3. The van der Waals surface area contributed by atoms with Crippen molar-refractivity contribution in [3.63, 3.8) is 0 Å². The van der Waals surface area contributed by atoms with Crippen LogP contribution in [0.5, 0.6) is 0 Å². The predicted molar refractivity (Wildman–Crippen MR) is 69.4 cm³/mol. The minimum absolute atomic E-state index is 0.448. The second-order valence-corrected chi connectivity index (χ2v) is 6.36. The second kappa shape index (κ2) is 4.30. The first-order valence-electron chi connectivity index (χ1n) is 7.07. The molecule has 0 bridgehead atoms. The van der Waals surface area contributed by atoms with Crippen LogP contribution in [0.25, 0.3) is 0 Å². The Hall–Kier alpha value is -0.0800. The maximum Gasteiger partial charge on any atom is 0.0181 e. The summed E-state index contributed by atoms with van der Waals surface area (Å²) in [7, 11) is 0. The Bertz CT molecular complexity index is 237. The van der Waals surface area contributed by atoms with Crippen LogP contribution < -0.4 is 5.73 Å². The van der Waals surface area contributed by atoms with Crippen molar-refractivity contribution in [2.45, 2.75) is 70.9 Å². The van der Waals surface area contributed by atoms with Crippen LogP contribution in [-0.2, 0) is 0 Å². The lowest BCUT2D eigenvalue weighted by atomic mass is 9.58. The molecule has 94 valence electrons. The molecule has 1 aliphatic heterocycles. The molecule has 2 N–H and O–H groups in total. The molecule has 0 amide bonds. The standard InChI is InChI=1S/C14H28N2/c1-4-7-13(3,8-5-2)16-10-14(11-16)9-6-12(14)15/h12H,4-11,15H2,1-3H3. The molecule has 1 saturated carbocycles. The van der Waals surface area contributed by atoms with Gasteiger partial charge >= 0.3 is 0 Å². The highest BCUT2D eigenvalue weighted by atomic mass is 15.3. The fourth-order valence-corrected chi connectivity index (χ4v) is 3.73.